The van der Waals surface area contributed by atoms with E-state index in [0.29, 0.717) is 0 Å². The first-order valence-electron chi connectivity index (χ1n) is 18.7. The number of anilines is 3. The molecular formula is C53H37N. The van der Waals surface area contributed by atoms with Gasteiger partial charge in [0.25, 0.3) is 0 Å². The van der Waals surface area contributed by atoms with Gasteiger partial charge in [0.15, 0.2) is 0 Å². The summed E-state index contributed by atoms with van der Waals surface area (Å²) in [5.41, 5.74) is 15.2. The lowest BCUT2D eigenvalue weighted by atomic mass is 9.66. The largest absolute Gasteiger partial charge is 0.310 e. The van der Waals surface area contributed by atoms with E-state index in [-0.39, 0.29) is 0 Å². The molecule has 0 spiro atoms. The van der Waals surface area contributed by atoms with Crippen LogP contribution in [0.5, 0.6) is 0 Å². The quantitative estimate of drug-likeness (QED) is 0.161. The van der Waals surface area contributed by atoms with Crippen LogP contribution in [0.2, 0.25) is 0 Å². The average molecular weight is 688 g/mol. The Bertz CT molecular complexity index is 2700. The fourth-order valence-corrected chi connectivity index (χ4v) is 8.79. The molecule has 0 bridgehead atoms. The molecule has 0 amide bonds. The van der Waals surface area contributed by atoms with Crippen LogP contribution in [-0.4, -0.2) is 0 Å². The van der Waals surface area contributed by atoms with Gasteiger partial charge in [0.1, 0.15) is 0 Å². The van der Waals surface area contributed by atoms with E-state index in [0.717, 1.165) is 17.1 Å². The number of nitrogens with zero attached hydrogens (tertiary/aromatic N) is 1. The molecule has 254 valence electrons. The summed E-state index contributed by atoms with van der Waals surface area (Å²) in [7, 11) is 0. The van der Waals surface area contributed by atoms with Crippen molar-refractivity contribution in [2.24, 2.45) is 0 Å². The van der Waals surface area contributed by atoms with Gasteiger partial charge < -0.3 is 4.90 Å². The van der Waals surface area contributed by atoms with Crippen molar-refractivity contribution in [3.8, 4) is 33.4 Å². The van der Waals surface area contributed by atoms with E-state index < -0.39 is 5.41 Å². The first-order valence-corrected chi connectivity index (χ1v) is 18.7. The lowest BCUT2D eigenvalue weighted by molar-refractivity contribution is 0.775. The van der Waals surface area contributed by atoms with Gasteiger partial charge in [0, 0.05) is 16.9 Å². The molecule has 1 aliphatic carbocycles. The number of rotatable bonds is 7. The fraction of sp³-hybridized carbons (Fsp3) is 0.0189. The van der Waals surface area contributed by atoms with E-state index in [2.05, 4.69) is 229 Å². The van der Waals surface area contributed by atoms with Crippen LogP contribution in [0.3, 0.4) is 0 Å². The zero-order valence-corrected chi connectivity index (χ0v) is 29.8. The van der Waals surface area contributed by atoms with Gasteiger partial charge in [0.2, 0.25) is 0 Å². The number of hydrogen-bond donors (Lipinski definition) is 0. The van der Waals surface area contributed by atoms with Gasteiger partial charge in [-0.3, -0.25) is 0 Å². The molecule has 0 saturated carbocycles. The maximum Gasteiger partial charge on any atom is 0.0720 e. The minimum Gasteiger partial charge on any atom is -0.310 e. The molecule has 1 aliphatic rings. The van der Waals surface area contributed by atoms with Crippen LogP contribution in [0.1, 0.15) is 22.3 Å². The third kappa shape index (κ3) is 5.09. The fourth-order valence-electron chi connectivity index (χ4n) is 8.79. The lowest BCUT2D eigenvalue weighted by Crippen LogP contribution is -2.29. The molecule has 0 unspecified atom stereocenters. The highest BCUT2D eigenvalue weighted by molar-refractivity contribution is 6.08. The molecule has 0 N–H and O–H groups in total. The van der Waals surface area contributed by atoms with Gasteiger partial charge in [-0.2, -0.15) is 0 Å². The second kappa shape index (κ2) is 13.2. The average Bonchev–Trinajstić information content (AvgIpc) is 3.58. The lowest BCUT2D eigenvalue weighted by Gasteiger charge is -2.35. The van der Waals surface area contributed by atoms with Crippen LogP contribution in [0.25, 0.3) is 44.2 Å². The Hall–Kier alpha value is -6.96. The molecule has 0 atom stereocenters. The predicted octanol–water partition coefficient (Wildman–Crippen LogP) is 14.0. The molecule has 0 fully saturated rings. The summed E-state index contributed by atoms with van der Waals surface area (Å²) in [5, 5.41) is 2.47. The van der Waals surface area contributed by atoms with Crippen LogP contribution >= 0.6 is 0 Å². The standard InChI is InChI=1S/C53H37N/c1-5-18-38(19-6-1)40-32-34-45(35-33-40)54(46-28-17-23-41(36-46)39-20-7-2-8-21-39)50-37-42-22-13-14-29-47(42)52-51(50)48-30-15-16-31-49(48)53(52,43-24-9-3-10-25-43)44-26-11-4-12-27-44/h1-37H. The minimum atomic E-state index is -0.543. The summed E-state index contributed by atoms with van der Waals surface area (Å²) in [6.45, 7) is 0. The molecule has 10 rings (SSSR count). The minimum absolute atomic E-state index is 0.543. The van der Waals surface area contributed by atoms with E-state index in [1.165, 1.54) is 66.4 Å². The first-order chi connectivity index (χ1) is 26.8. The first kappa shape index (κ1) is 31.7. The Morgan fingerprint density at radius 2 is 0.870 bits per heavy atom. The number of fused-ring (bicyclic) bond motifs is 5. The Morgan fingerprint density at radius 3 is 1.54 bits per heavy atom. The SMILES string of the molecule is c1ccc(-c2ccc(N(c3cccc(-c4ccccc4)c3)c3cc4ccccc4c4c3-c3ccccc3C4(c3ccccc3)c3ccccc3)cc2)cc1. The number of benzene rings is 9. The van der Waals surface area contributed by atoms with Crippen LogP contribution in [0.15, 0.2) is 224 Å². The van der Waals surface area contributed by atoms with E-state index in [9.17, 15) is 0 Å². The summed E-state index contributed by atoms with van der Waals surface area (Å²) in [6, 6.07) is 82.1. The predicted molar refractivity (Wildman–Crippen MR) is 227 cm³/mol. The molecular weight excluding hydrogens is 651 g/mol. The van der Waals surface area contributed by atoms with Gasteiger partial charge in [-0.1, -0.05) is 194 Å². The summed E-state index contributed by atoms with van der Waals surface area (Å²) < 4.78 is 0. The van der Waals surface area contributed by atoms with Crippen molar-refractivity contribution in [1.29, 1.82) is 0 Å². The van der Waals surface area contributed by atoms with E-state index in [1.807, 2.05) is 0 Å². The molecule has 0 saturated heterocycles. The Morgan fingerprint density at radius 1 is 0.352 bits per heavy atom. The van der Waals surface area contributed by atoms with E-state index >= 15 is 0 Å². The van der Waals surface area contributed by atoms with Crippen molar-refractivity contribution in [1.82, 2.24) is 0 Å². The molecule has 0 radical (unpaired) electrons. The van der Waals surface area contributed by atoms with Crippen molar-refractivity contribution in [2.45, 2.75) is 5.41 Å². The van der Waals surface area contributed by atoms with Gasteiger partial charge in [-0.25, -0.2) is 0 Å². The summed E-state index contributed by atoms with van der Waals surface area (Å²) in [6.07, 6.45) is 0. The van der Waals surface area contributed by atoms with E-state index in [1.54, 1.807) is 0 Å². The van der Waals surface area contributed by atoms with Crippen molar-refractivity contribution in [3.05, 3.63) is 247 Å². The monoisotopic (exact) mass is 687 g/mol. The van der Waals surface area contributed by atoms with Gasteiger partial charge in [-0.15, -0.1) is 0 Å². The molecule has 9 aromatic carbocycles. The van der Waals surface area contributed by atoms with Crippen LogP contribution in [-0.2, 0) is 5.41 Å². The third-order valence-corrected chi connectivity index (χ3v) is 11.1. The van der Waals surface area contributed by atoms with Crippen LogP contribution < -0.4 is 4.90 Å². The van der Waals surface area contributed by atoms with Gasteiger partial charge >= 0.3 is 0 Å². The van der Waals surface area contributed by atoms with E-state index in [4.69, 9.17) is 0 Å². The Labute approximate surface area is 317 Å². The maximum absolute atomic E-state index is 2.48. The highest BCUT2D eigenvalue weighted by Gasteiger charge is 2.48. The highest BCUT2D eigenvalue weighted by Crippen LogP contribution is 2.61. The second-order valence-corrected chi connectivity index (χ2v) is 14.1. The Balaban J connectivity index is 1.32. The normalized spacial score (nSPS) is 12.6. The zero-order valence-electron chi connectivity index (χ0n) is 29.8. The molecule has 0 heterocycles. The molecule has 1 nitrogen and oxygen atoms in total. The third-order valence-electron chi connectivity index (χ3n) is 11.1. The van der Waals surface area contributed by atoms with Crippen molar-refractivity contribution in [3.63, 3.8) is 0 Å². The maximum atomic E-state index is 2.48. The molecule has 0 aliphatic heterocycles. The van der Waals surface area contributed by atoms with Crippen LogP contribution in [0, 0.1) is 0 Å². The van der Waals surface area contributed by atoms with Crippen LogP contribution in [0.4, 0.5) is 17.1 Å². The smallest absolute Gasteiger partial charge is 0.0720 e. The van der Waals surface area contributed by atoms with Crippen molar-refractivity contribution in [2.75, 3.05) is 4.90 Å². The van der Waals surface area contributed by atoms with Crippen molar-refractivity contribution < 1.29 is 0 Å². The second-order valence-electron chi connectivity index (χ2n) is 14.1. The van der Waals surface area contributed by atoms with Gasteiger partial charge in [0.05, 0.1) is 11.1 Å². The topological polar surface area (TPSA) is 3.24 Å². The zero-order chi connectivity index (χ0) is 35.9. The van der Waals surface area contributed by atoms with Crippen molar-refractivity contribution >= 4 is 27.8 Å². The molecule has 1 heteroatoms. The summed E-state index contributed by atoms with van der Waals surface area (Å²) in [4.78, 5) is 2.48. The van der Waals surface area contributed by atoms with Gasteiger partial charge in [-0.05, 0) is 91.2 Å². The molecule has 54 heavy (non-hydrogen) atoms. The Kier molecular flexibility index (Phi) is 7.78. The highest BCUT2D eigenvalue weighted by atomic mass is 15.1. The molecule has 9 aromatic rings. The summed E-state index contributed by atoms with van der Waals surface area (Å²) in [5.74, 6) is 0. The number of hydrogen-bond acceptors (Lipinski definition) is 1. The molecule has 0 aromatic heterocycles. The summed E-state index contributed by atoms with van der Waals surface area (Å²) >= 11 is 0.